The molecule has 0 amide bonds. The minimum Gasteiger partial charge on any atom is -0.478 e. The number of rotatable bonds is 3. The Hall–Kier alpha value is -2.43. The number of nitrogens with zero attached hydrogens (tertiary/aromatic N) is 1. The van der Waals surface area contributed by atoms with Gasteiger partial charge in [-0.15, -0.1) is 0 Å². The normalized spacial score (nSPS) is 10.1. The summed E-state index contributed by atoms with van der Waals surface area (Å²) in [7, 11) is 0. The van der Waals surface area contributed by atoms with Gasteiger partial charge in [0.05, 0.1) is 5.56 Å². The maximum atomic E-state index is 13.4. The highest BCUT2D eigenvalue weighted by molar-refractivity contribution is 5.88. The van der Waals surface area contributed by atoms with Crippen molar-refractivity contribution in [2.24, 2.45) is 0 Å². The summed E-state index contributed by atoms with van der Waals surface area (Å²) < 4.78 is 18.8. The van der Waals surface area contributed by atoms with Gasteiger partial charge in [-0.3, -0.25) is 4.98 Å². The van der Waals surface area contributed by atoms with Gasteiger partial charge in [0.25, 0.3) is 0 Å². The molecule has 0 saturated heterocycles. The molecule has 92 valence electrons. The van der Waals surface area contributed by atoms with Crippen LogP contribution in [-0.4, -0.2) is 16.1 Å². The molecule has 0 saturated carbocycles. The lowest BCUT2D eigenvalue weighted by atomic mass is 10.2. The van der Waals surface area contributed by atoms with E-state index in [0.717, 1.165) is 11.8 Å². The fraction of sp³-hybridized carbons (Fsp3) is 0.0769. The lowest BCUT2D eigenvalue weighted by molar-refractivity contribution is 0.0692. The molecule has 1 aromatic carbocycles. The maximum Gasteiger partial charge on any atom is 0.338 e. The average Bonchev–Trinajstić information content (AvgIpc) is 2.28. The van der Waals surface area contributed by atoms with Gasteiger partial charge in [-0.05, 0) is 25.1 Å². The first-order valence-corrected chi connectivity index (χ1v) is 5.19. The van der Waals surface area contributed by atoms with E-state index in [4.69, 9.17) is 9.84 Å². The average molecular weight is 247 g/mol. The number of hydrogen-bond donors (Lipinski definition) is 1. The van der Waals surface area contributed by atoms with Crippen LogP contribution < -0.4 is 4.74 Å². The van der Waals surface area contributed by atoms with E-state index in [1.807, 2.05) is 0 Å². The molecule has 0 aliphatic rings. The second-order valence-electron chi connectivity index (χ2n) is 3.68. The number of hydrogen-bond acceptors (Lipinski definition) is 3. The summed E-state index contributed by atoms with van der Waals surface area (Å²) in [4.78, 5) is 14.7. The molecule has 0 atom stereocenters. The molecule has 0 fully saturated rings. The van der Waals surface area contributed by atoms with Gasteiger partial charge >= 0.3 is 5.97 Å². The molecule has 18 heavy (non-hydrogen) atoms. The molecule has 1 aromatic heterocycles. The number of aryl methyl sites for hydroxylation is 1. The largest absolute Gasteiger partial charge is 0.478 e. The van der Waals surface area contributed by atoms with Crippen molar-refractivity contribution in [2.75, 3.05) is 0 Å². The molecule has 5 heteroatoms. The van der Waals surface area contributed by atoms with Gasteiger partial charge in [-0.2, -0.15) is 0 Å². The van der Waals surface area contributed by atoms with Gasteiger partial charge in [0.2, 0.25) is 0 Å². The SMILES string of the molecule is Cc1cc(Oc2ccc(C(=O)O)c(F)c2)ccn1. The van der Waals surface area contributed by atoms with Gasteiger partial charge in [0.1, 0.15) is 17.3 Å². The first-order chi connectivity index (χ1) is 8.56. The van der Waals surface area contributed by atoms with Crippen LogP contribution in [0.2, 0.25) is 0 Å². The van der Waals surface area contributed by atoms with Gasteiger partial charge in [-0.25, -0.2) is 9.18 Å². The quantitative estimate of drug-likeness (QED) is 0.905. The number of halogens is 1. The Morgan fingerprint density at radius 3 is 2.61 bits per heavy atom. The molecule has 0 aliphatic heterocycles. The molecular weight excluding hydrogens is 237 g/mol. The summed E-state index contributed by atoms with van der Waals surface area (Å²) in [6, 6.07) is 6.95. The Balaban J connectivity index is 2.25. The van der Waals surface area contributed by atoms with Gasteiger partial charge in [0.15, 0.2) is 0 Å². The zero-order valence-electron chi connectivity index (χ0n) is 9.55. The summed E-state index contributed by atoms with van der Waals surface area (Å²) in [5, 5.41) is 8.69. The van der Waals surface area contributed by atoms with E-state index >= 15 is 0 Å². The third kappa shape index (κ3) is 2.63. The molecule has 0 aliphatic carbocycles. The highest BCUT2D eigenvalue weighted by Gasteiger charge is 2.11. The lowest BCUT2D eigenvalue weighted by Crippen LogP contribution is -2.00. The molecular formula is C13H10FNO3. The van der Waals surface area contributed by atoms with E-state index in [1.165, 1.54) is 12.1 Å². The fourth-order valence-corrected chi connectivity index (χ4v) is 1.45. The third-order valence-electron chi connectivity index (χ3n) is 2.27. The summed E-state index contributed by atoms with van der Waals surface area (Å²) in [5.74, 6) is -1.38. The lowest BCUT2D eigenvalue weighted by Gasteiger charge is -2.06. The summed E-state index contributed by atoms with van der Waals surface area (Å²) >= 11 is 0. The van der Waals surface area contributed by atoms with E-state index in [1.54, 1.807) is 25.3 Å². The Morgan fingerprint density at radius 2 is 2.00 bits per heavy atom. The van der Waals surface area contributed by atoms with Crippen LogP contribution in [0.1, 0.15) is 16.1 Å². The second-order valence-corrected chi connectivity index (χ2v) is 3.68. The molecule has 0 radical (unpaired) electrons. The number of carboxylic acid groups (broad SMARTS) is 1. The van der Waals surface area contributed by atoms with Crippen molar-refractivity contribution in [3.63, 3.8) is 0 Å². The van der Waals surface area contributed by atoms with E-state index < -0.39 is 11.8 Å². The van der Waals surface area contributed by atoms with E-state index in [9.17, 15) is 9.18 Å². The predicted octanol–water partition coefficient (Wildman–Crippen LogP) is 3.02. The number of aromatic carboxylic acids is 1. The first kappa shape index (κ1) is 12.0. The van der Waals surface area contributed by atoms with Crippen LogP contribution in [0.3, 0.4) is 0 Å². The molecule has 1 N–H and O–H groups in total. The van der Waals surface area contributed by atoms with Crippen LogP contribution in [0, 0.1) is 12.7 Å². The minimum atomic E-state index is -1.31. The number of carboxylic acids is 1. The monoisotopic (exact) mass is 247 g/mol. The number of ether oxygens (including phenoxy) is 1. The van der Waals surface area contributed by atoms with Gasteiger partial charge in [0, 0.05) is 24.0 Å². The van der Waals surface area contributed by atoms with Crippen LogP contribution >= 0.6 is 0 Å². The second kappa shape index (κ2) is 4.83. The van der Waals surface area contributed by atoms with E-state index in [-0.39, 0.29) is 11.3 Å². The van der Waals surface area contributed by atoms with Crippen molar-refractivity contribution in [3.05, 3.63) is 53.6 Å². The summed E-state index contributed by atoms with van der Waals surface area (Å²) in [6.07, 6.45) is 1.58. The highest BCUT2D eigenvalue weighted by atomic mass is 19.1. The van der Waals surface area contributed by atoms with Gasteiger partial charge < -0.3 is 9.84 Å². The zero-order valence-corrected chi connectivity index (χ0v) is 9.55. The molecule has 2 rings (SSSR count). The summed E-state index contributed by atoms with van der Waals surface area (Å²) in [6.45, 7) is 1.81. The minimum absolute atomic E-state index is 0.239. The number of aromatic nitrogens is 1. The summed E-state index contributed by atoms with van der Waals surface area (Å²) in [5.41, 5.74) is 0.392. The number of benzene rings is 1. The number of carbonyl (C=O) groups is 1. The maximum absolute atomic E-state index is 13.4. The topological polar surface area (TPSA) is 59.4 Å². The molecule has 0 bridgehead atoms. The van der Waals surface area contributed by atoms with Crippen molar-refractivity contribution in [3.8, 4) is 11.5 Å². The molecule has 0 unspecified atom stereocenters. The Kier molecular flexibility index (Phi) is 3.23. The van der Waals surface area contributed by atoms with Crippen molar-refractivity contribution in [1.82, 2.24) is 4.98 Å². The van der Waals surface area contributed by atoms with Crippen LogP contribution in [0.25, 0.3) is 0 Å². The van der Waals surface area contributed by atoms with Crippen molar-refractivity contribution < 1.29 is 19.0 Å². The third-order valence-corrected chi connectivity index (χ3v) is 2.27. The number of pyridine rings is 1. The fourth-order valence-electron chi connectivity index (χ4n) is 1.45. The van der Waals surface area contributed by atoms with Crippen molar-refractivity contribution in [1.29, 1.82) is 0 Å². The van der Waals surface area contributed by atoms with Crippen LogP contribution in [0.5, 0.6) is 11.5 Å². The predicted molar refractivity (Wildman–Crippen MR) is 62.4 cm³/mol. The Bertz CT molecular complexity index is 599. The standard InChI is InChI=1S/C13H10FNO3/c1-8-6-10(4-5-15-8)18-9-2-3-11(13(16)17)12(14)7-9/h2-7H,1H3,(H,16,17). The van der Waals surface area contributed by atoms with E-state index in [2.05, 4.69) is 4.98 Å². The molecule has 1 heterocycles. The Morgan fingerprint density at radius 1 is 1.28 bits per heavy atom. The first-order valence-electron chi connectivity index (χ1n) is 5.19. The van der Waals surface area contributed by atoms with Crippen molar-refractivity contribution >= 4 is 5.97 Å². The van der Waals surface area contributed by atoms with E-state index in [0.29, 0.717) is 5.75 Å². The molecule has 4 nitrogen and oxygen atoms in total. The Labute approximate surface area is 103 Å². The van der Waals surface area contributed by atoms with Gasteiger partial charge in [-0.1, -0.05) is 0 Å². The highest BCUT2D eigenvalue weighted by Crippen LogP contribution is 2.23. The molecule has 0 spiro atoms. The zero-order chi connectivity index (χ0) is 13.1. The van der Waals surface area contributed by atoms with Crippen LogP contribution in [0.15, 0.2) is 36.5 Å². The smallest absolute Gasteiger partial charge is 0.338 e. The van der Waals surface area contributed by atoms with Crippen molar-refractivity contribution in [2.45, 2.75) is 6.92 Å². The van der Waals surface area contributed by atoms with Crippen LogP contribution in [-0.2, 0) is 0 Å². The molecule has 2 aromatic rings. The van der Waals surface area contributed by atoms with Crippen LogP contribution in [0.4, 0.5) is 4.39 Å².